The van der Waals surface area contributed by atoms with E-state index in [1.165, 1.54) is 46.9 Å². The van der Waals surface area contributed by atoms with Crippen LogP contribution in [0.1, 0.15) is 20.9 Å². The van der Waals surface area contributed by atoms with Crippen molar-refractivity contribution in [2.75, 3.05) is 0 Å². The molecule has 0 aliphatic heterocycles. The Kier molecular flexibility index (Phi) is 4.47. The van der Waals surface area contributed by atoms with Gasteiger partial charge in [-0.2, -0.15) is 10.5 Å². The van der Waals surface area contributed by atoms with Crippen molar-refractivity contribution in [1.29, 1.82) is 10.5 Å². The molecule has 28 heavy (non-hydrogen) atoms. The predicted octanol–water partition coefficient (Wildman–Crippen LogP) is 6.97. The van der Waals surface area contributed by atoms with Gasteiger partial charge < -0.3 is 0 Å². The smallest absolute Gasteiger partial charge is 0.124 e. The van der Waals surface area contributed by atoms with E-state index in [9.17, 15) is 19.3 Å². The van der Waals surface area contributed by atoms with Crippen molar-refractivity contribution in [3.05, 3.63) is 68.9 Å². The summed E-state index contributed by atoms with van der Waals surface area (Å²) in [7, 11) is 0. The first-order valence-electron chi connectivity index (χ1n) is 8.37. The number of hydrogen-bond acceptors (Lipinski definition) is 4. The van der Waals surface area contributed by atoms with Gasteiger partial charge in [-0.1, -0.05) is 0 Å². The van der Waals surface area contributed by atoms with Crippen LogP contribution in [-0.2, 0) is 0 Å². The highest BCUT2D eigenvalue weighted by molar-refractivity contribution is 7.19. The van der Waals surface area contributed by atoms with Gasteiger partial charge in [-0.25, -0.2) is 8.78 Å². The summed E-state index contributed by atoms with van der Waals surface area (Å²) in [5, 5.41) is 21.4. The third kappa shape index (κ3) is 2.79. The third-order valence-corrected chi connectivity index (χ3v) is 6.77. The first kappa shape index (κ1) is 18.3. The van der Waals surface area contributed by atoms with Gasteiger partial charge in [-0.3, -0.25) is 0 Å². The van der Waals surface area contributed by atoms with E-state index in [4.69, 9.17) is 0 Å². The topological polar surface area (TPSA) is 47.6 Å². The maximum atomic E-state index is 13.6. The fraction of sp³-hybridized carbons (Fsp3) is 0.0909. The number of nitriles is 2. The third-order valence-electron chi connectivity index (χ3n) is 4.63. The van der Waals surface area contributed by atoms with Gasteiger partial charge in [-0.15, -0.1) is 22.7 Å². The lowest BCUT2D eigenvalue weighted by Crippen LogP contribution is -1.91. The van der Waals surface area contributed by atoms with Crippen LogP contribution >= 0.6 is 22.7 Å². The Morgan fingerprint density at radius 3 is 1.50 bits per heavy atom. The van der Waals surface area contributed by atoms with Gasteiger partial charge in [0.15, 0.2) is 0 Å². The molecule has 2 aromatic carbocycles. The van der Waals surface area contributed by atoms with Crippen LogP contribution < -0.4 is 0 Å². The number of rotatable bonds is 2. The molecule has 0 fully saturated rings. The number of benzene rings is 2. The molecule has 4 rings (SSSR count). The molecule has 136 valence electrons. The van der Waals surface area contributed by atoms with Crippen molar-refractivity contribution in [2.24, 2.45) is 0 Å². The quantitative estimate of drug-likeness (QED) is 0.338. The number of allylic oxidation sites excluding steroid dienone is 2. The molecular weight excluding hydrogens is 394 g/mol. The highest BCUT2D eigenvalue weighted by Crippen LogP contribution is 2.42. The average molecular weight is 406 g/mol. The second-order valence-corrected chi connectivity index (χ2v) is 8.83. The van der Waals surface area contributed by atoms with Crippen molar-refractivity contribution in [2.45, 2.75) is 13.8 Å². The average Bonchev–Trinajstić information content (AvgIpc) is 3.14. The molecule has 0 aliphatic rings. The molecule has 0 saturated carbocycles. The van der Waals surface area contributed by atoms with Crippen LogP contribution in [-0.4, -0.2) is 0 Å². The molecule has 4 aromatic rings. The summed E-state index contributed by atoms with van der Waals surface area (Å²) < 4.78 is 28.7. The Morgan fingerprint density at radius 1 is 0.750 bits per heavy atom. The minimum atomic E-state index is -0.343. The molecule has 0 spiro atoms. The van der Waals surface area contributed by atoms with Crippen LogP contribution in [0.25, 0.3) is 31.3 Å². The Balaban J connectivity index is 2.09. The van der Waals surface area contributed by atoms with E-state index in [2.05, 4.69) is 12.1 Å². The molecule has 0 N–H and O–H groups in total. The van der Waals surface area contributed by atoms with Gasteiger partial charge in [0, 0.05) is 41.1 Å². The molecule has 2 nitrogen and oxygen atoms in total. The first-order chi connectivity index (χ1) is 13.4. The van der Waals surface area contributed by atoms with E-state index < -0.39 is 0 Å². The maximum absolute atomic E-state index is 13.6. The predicted molar refractivity (Wildman–Crippen MR) is 111 cm³/mol. The fourth-order valence-electron chi connectivity index (χ4n) is 3.48. The summed E-state index contributed by atoms with van der Waals surface area (Å²) in [6, 6.07) is 13.3. The van der Waals surface area contributed by atoms with E-state index in [0.717, 1.165) is 29.9 Å². The molecule has 0 radical (unpaired) electrons. The zero-order valence-corrected chi connectivity index (χ0v) is 16.6. The van der Waals surface area contributed by atoms with Gasteiger partial charge in [0.25, 0.3) is 0 Å². The van der Waals surface area contributed by atoms with Crippen molar-refractivity contribution in [1.82, 2.24) is 0 Å². The number of aryl methyl sites for hydroxylation is 2. The minimum Gasteiger partial charge on any atom is -0.207 e. The number of fused-ring (bicyclic) bond motifs is 2. The number of thiophene rings is 2. The van der Waals surface area contributed by atoms with Gasteiger partial charge in [0.2, 0.25) is 0 Å². The summed E-state index contributed by atoms with van der Waals surface area (Å²) in [6.45, 7) is 3.72. The molecule has 2 aromatic heterocycles. The Morgan fingerprint density at radius 2 is 1.14 bits per heavy atom. The largest absolute Gasteiger partial charge is 0.207 e. The number of hydrogen-bond donors (Lipinski definition) is 0. The van der Waals surface area contributed by atoms with Gasteiger partial charge in [-0.05, 0) is 50.2 Å². The van der Waals surface area contributed by atoms with Gasteiger partial charge in [0.05, 0.1) is 11.1 Å². The SMILES string of the molecule is Cc1sc2cc(F)ccc2c1/C(C#N)=C(/C#N)c1c(C)sc2cc(F)ccc12. The molecule has 0 saturated heterocycles. The first-order valence-corrected chi connectivity index (χ1v) is 10.0. The highest BCUT2D eigenvalue weighted by atomic mass is 32.1. The van der Waals surface area contributed by atoms with E-state index in [0.29, 0.717) is 11.1 Å². The lowest BCUT2D eigenvalue weighted by molar-refractivity contribution is 0.629. The fourth-order valence-corrected chi connectivity index (χ4v) is 5.67. The monoisotopic (exact) mass is 406 g/mol. The molecule has 6 heteroatoms. The summed E-state index contributed by atoms with van der Waals surface area (Å²) in [4.78, 5) is 1.68. The van der Waals surface area contributed by atoms with Crippen LogP contribution in [0.4, 0.5) is 8.78 Å². The normalized spacial score (nSPS) is 12.1. The van der Waals surface area contributed by atoms with Crippen molar-refractivity contribution >= 4 is 54.0 Å². The number of halogens is 2. The van der Waals surface area contributed by atoms with Crippen LogP contribution in [0.15, 0.2) is 36.4 Å². The molecule has 0 amide bonds. The Labute approximate surface area is 168 Å². The van der Waals surface area contributed by atoms with Crippen LogP contribution in [0.5, 0.6) is 0 Å². The van der Waals surface area contributed by atoms with Crippen molar-refractivity contribution < 1.29 is 8.78 Å². The second-order valence-electron chi connectivity index (χ2n) is 6.32. The number of nitrogens with zero attached hydrogens (tertiary/aromatic N) is 2. The summed E-state index contributed by atoms with van der Waals surface area (Å²) >= 11 is 2.78. The van der Waals surface area contributed by atoms with Gasteiger partial charge in [0.1, 0.15) is 23.8 Å². The molecule has 0 bridgehead atoms. The van der Waals surface area contributed by atoms with Crippen LogP contribution in [0, 0.1) is 48.1 Å². The van der Waals surface area contributed by atoms with E-state index >= 15 is 0 Å². The summed E-state index contributed by atoms with van der Waals surface area (Å²) in [5.41, 5.74) is 1.81. The zero-order chi connectivity index (χ0) is 20.0. The van der Waals surface area contributed by atoms with E-state index in [1.54, 1.807) is 12.1 Å². The zero-order valence-electron chi connectivity index (χ0n) is 14.9. The Bertz CT molecular complexity index is 1270. The lowest BCUT2D eigenvalue weighted by Gasteiger charge is -2.06. The lowest BCUT2D eigenvalue weighted by atomic mass is 9.93. The van der Waals surface area contributed by atoms with E-state index in [-0.39, 0.29) is 22.8 Å². The molecule has 0 unspecified atom stereocenters. The van der Waals surface area contributed by atoms with Crippen LogP contribution in [0.2, 0.25) is 0 Å². The van der Waals surface area contributed by atoms with E-state index in [1.807, 2.05) is 13.8 Å². The minimum absolute atomic E-state index is 0.255. The second kappa shape index (κ2) is 6.83. The maximum Gasteiger partial charge on any atom is 0.124 e. The molecule has 2 heterocycles. The molecular formula is C22H12F2N2S2. The summed E-state index contributed by atoms with van der Waals surface area (Å²) in [6.07, 6.45) is 0. The molecule has 0 aliphatic carbocycles. The summed E-state index contributed by atoms with van der Waals surface area (Å²) in [5.74, 6) is -0.685. The van der Waals surface area contributed by atoms with Crippen LogP contribution in [0.3, 0.4) is 0 Å². The van der Waals surface area contributed by atoms with Crippen molar-refractivity contribution in [3.8, 4) is 12.1 Å². The van der Waals surface area contributed by atoms with Crippen molar-refractivity contribution in [3.63, 3.8) is 0 Å². The van der Waals surface area contributed by atoms with Gasteiger partial charge >= 0.3 is 0 Å². The Hall–Kier alpha value is -3.06. The standard InChI is InChI=1S/C22H12F2N2S2/c1-11-21(15-5-3-13(23)7-19(15)27-11)17(9-25)18(10-26)22-12(2)28-20-8-14(24)4-6-16(20)22/h3-8H,1-2H3/b18-17-. The molecule has 0 atom stereocenters. The highest BCUT2D eigenvalue weighted by Gasteiger charge is 2.22.